The minimum Gasteiger partial charge on any atom is -0.496 e. The Morgan fingerprint density at radius 1 is 0.952 bits per heavy atom. The summed E-state index contributed by atoms with van der Waals surface area (Å²) >= 11 is 0. The summed E-state index contributed by atoms with van der Waals surface area (Å²) in [5.41, 5.74) is -4.39. The number of halogens is 3. The fraction of sp³-hybridized carbons (Fsp3) is 0.533. The number of hydrogen-bond acceptors (Lipinski definition) is 6. The molecule has 0 heterocycles. The van der Waals surface area contributed by atoms with Gasteiger partial charge in [0.25, 0.3) is 15.7 Å². The van der Waals surface area contributed by atoms with E-state index >= 15 is 0 Å². The molecule has 0 aliphatic heterocycles. The Labute approximate surface area is 243 Å². The number of methoxy groups -OCH3 is 1. The summed E-state index contributed by atoms with van der Waals surface area (Å²) in [5.74, 6) is -0.490. The van der Waals surface area contributed by atoms with Crippen molar-refractivity contribution in [3.63, 3.8) is 0 Å². The predicted octanol–water partition coefficient (Wildman–Crippen LogP) is 5.79. The largest absolute Gasteiger partial charge is 0.501 e. The van der Waals surface area contributed by atoms with E-state index in [1.165, 1.54) is 19.6 Å². The van der Waals surface area contributed by atoms with E-state index in [0.29, 0.717) is 17.1 Å². The number of carbonyl (C=O) groups is 2. The number of alkyl halides is 3. The van der Waals surface area contributed by atoms with Gasteiger partial charge in [0.2, 0.25) is 5.91 Å². The van der Waals surface area contributed by atoms with Gasteiger partial charge in [-0.15, -0.1) is 0 Å². The number of hydrogen-bond donors (Lipinski definition) is 2. The van der Waals surface area contributed by atoms with Gasteiger partial charge >= 0.3 is 5.51 Å². The molecule has 3 aliphatic carbocycles. The molecule has 228 valence electrons. The molecule has 0 saturated heterocycles. The summed E-state index contributed by atoms with van der Waals surface area (Å²) in [6, 6.07) is 7.05. The highest BCUT2D eigenvalue weighted by molar-refractivity contribution is 7.92. The number of amides is 2. The lowest BCUT2D eigenvalue weighted by Crippen LogP contribution is -2.48. The van der Waals surface area contributed by atoms with Gasteiger partial charge in [-0.25, -0.2) is 8.42 Å². The number of ether oxygens (including phenoxy) is 2. The van der Waals surface area contributed by atoms with Crippen LogP contribution in [0.4, 0.5) is 18.9 Å². The summed E-state index contributed by atoms with van der Waals surface area (Å²) in [4.78, 5) is 26.1. The van der Waals surface area contributed by atoms with E-state index < -0.39 is 44.0 Å². The van der Waals surface area contributed by atoms with E-state index in [1.54, 1.807) is 12.1 Å². The van der Waals surface area contributed by atoms with Gasteiger partial charge in [0.15, 0.2) is 0 Å². The van der Waals surface area contributed by atoms with E-state index in [-0.39, 0.29) is 23.6 Å². The van der Waals surface area contributed by atoms with Crippen molar-refractivity contribution in [1.29, 1.82) is 0 Å². The zero-order valence-corrected chi connectivity index (χ0v) is 24.3. The summed E-state index contributed by atoms with van der Waals surface area (Å²) in [6.07, 6.45) is 7.74. The van der Waals surface area contributed by atoms with Crippen molar-refractivity contribution in [2.75, 3.05) is 12.4 Å². The molecule has 2 amide bonds. The first-order valence-corrected chi connectivity index (χ1v) is 15.8. The topological polar surface area (TPSA) is 111 Å². The average molecular weight is 609 g/mol. The van der Waals surface area contributed by atoms with Crippen LogP contribution in [0, 0.1) is 24.7 Å². The lowest BCUT2D eigenvalue weighted by Gasteiger charge is -2.31. The third-order valence-corrected chi connectivity index (χ3v) is 10.3. The molecule has 2 aromatic carbocycles. The van der Waals surface area contributed by atoms with Crippen LogP contribution in [0.5, 0.6) is 11.5 Å². The van der Waals surface area contributed by atoms with Gasteiger partial charge in [-0.05, 0) is 99.6 Å². The third kappa shape index (κ3) is 5.95. The van der Waals surface area contributed by atoms with Crippen molar-refractivity contribution >= 4 is 27.3 Å². The molecule has 5 rings (SSSR count). The molecule has 0 unspecified atom stereocenters. The van der Waals surface area contributed by atoms with Crippen molar-refractivity contribution in [2.24, 2.45) is 17.8 Å². The molecular formula is C30H35F3N2O6S. The van der Waals surface area contributed by atoms with Crippen molar-refractivity contribution in [1.82, 2.24) is 5.32 Å². The summed E-state index contributed by atoms with van der Waals surface area (Å²) in [5, 5.41) is 5.64. The quantitative estimate of drug-likeness (QED) is 0.393. The van der Waals surface area contributed by atoms with Gasteiger partial charge in [-0.2, -0.15) is 13.2 Å². The Bertz CT molecular complexity index is 1460. The number of benzene rings is 2. The molecule has 0 spiro atoms. The predicted molar refractivity (Wildman–Crippen MR) is 149 cm³/mol. The second kappa shape index (κ2) is 11.8. The van der Waals surface area contributed by atoms with Crippen LogP contribution < -0.4 is 20.1 Å². The zero-order valence-electron chi connectivity index (χ0n) is 23.5. The second-order valence-electron chi connectivity index (χ2n) is 11.5. The first-order chi connectivity index (χ1) is 19.9. The first-order valence-electron chi connectivity index (χ1n) is 14.3. The molecule has 8 nitrogen and oxygen atoms in total. The fourth-order valence-electron chi connectivity index (χ4n) is 6.70. The molecule has 12 heteroatoms. The minimum absolute atomic E-state index is 0.0208. The lowest BCUT2D eigenvalue weighted by atomic mass is 9.83. The lowest BCUT2D eigenvalue weighted by molar-refractivity contribution is -0.122. The Balaban J connectivity index is 1.34. The van der Waals surface area contributed by atoms with Gasteiger partial charge in [0.1, 0.15) is 11.5 Å². The van der Waals surface area contributed by atoms with Crippen LogP contribution in [0.25, 0.3) is 0 Å². The molecular weight excluding hydrogens is 573 g/mol. The number of anilines is 1. The SMILES string of the molecule is COc1cc(C)c(OC2CCCCC2)cc1C(=O)N[C@@H]1[C@H]2CC[C@H](C2)[C@@H]1C(=O)Nc1cccc(S(=O)(=O)C(F)(F)F)c1. The number of fused-ring (bicyclic) bond motifs is 2. The highest BCUT2D eigenvalue weighted by atomic mass is 32.2. The average Bonchev–Trinajstić information content (AvgIpc) is 3.56. The molecule has 3 fully saturated rings. The van der Waals surface area contributed by atoms with E-state index in [9.17, 15) is 31.2 Å². The monoisotopic (exact) mass is 608 g/mol. The van der Waals surface area contributed by atoms with Crippen LogP contribution in [0.15, 0.2) is 41.3 Å². The molecule has 42 heavy (non-hydrogen) atoms. The minimum atomic E-state index is -5.57. The van der Waals surface area contributed by atoms with E-state index in [0.717, 1.165) is 68.7 Å². The number of sulfone groups is 1. The fourth-order valence-corrected chi connectivity index (χ4v) is 7.51. The van der Waals surface area contributed by atoms with Crippen molar-refractivity contribution in [3.8, 4) is 11.5 Å². The van der Waals surface area contributed by atoms with Gasteiger partial charge < -0.3 is 20.1 Å². The Morgan fingerprint density at radius 3 is 2.36 bits per heavy atom. The number of carbonyl (C=O) groups excluding carboxylic acids is 2. The van der Waals surface area contributed by atoms with Crippen molar-refractivity contribution in [2.45, 2.75) is 80.8 Å². The molecule has 3 aliphatic rings. The molecule has 2 N–H and O–H groups in total. The van der Waals surface area contributed by atoms with Crippen LogP contribution in [-0.2, 0) is 14.6 Å². The number of nitrogens with one attached hydrogen (secondary N) is 2. The third-order valence-electron chi connectivity index (χ3n) is 8.82. The second-order valence-corrected chi connectivity index (χ2v) is 13.5. The van der Waals surface area contributed by atoms with Crippen LogP contribution in [0.2, 0.25) is 0 Å². The number of aryl methyl sites for hydroxylation is 1. The summed E-state index contributed by atoms with van der Waals surface area (Å²) < 4.78 is 74.7. The van der Waals surface area contributed by atoms with Crippen LogP contribution in [0.3, 0.4) is 0 Å². The summed E-state index contributed by atoms with van der Waals surface area (Å²) in [7, 11) is -4.09. The first kappa shape index (κ1) is 30.2. The van der Waals surface area contributed by atoms with Crippen LogP contribution in [0.1, 0.15) is 67.3 Å². The maximum absolute atomic E-state index is 13.6. The Kier molecular flexibility index (Phi) is 8.46. The number of rotatable bonds is 8. The van der Waals surface area contributed by atoms with Gasteiger partial charge in [-0.1, -0.05) is 12.5 Å². The van der Waals surface area contributed by atoms with E-state index in [4.69, 9.17) is 9.47 Å². The van der Waals surface area contributed by atoms with E-state index in [2.05, 4.69) is 10.6 Å². The summed E-state index contributed by atoms with van der Waals surface area (Å²) in [6.45, 7) is 1.90. The highest BCUT2D eigenvalue weighted by Crippen LogP contribution is 2.49. The molecule has 0 aromatic heterocycles. The Hall–Kier alpha value is -3.28. The molecule has 4 atom stereocenters. The molecule has 2 aromatic rings. The molecule has 2 bridgehead atoms. The van der Waals surface area contributed by atoms with Crippen LogP contribution >= 0.6 is 0 Å². The van der Waals surface area contributed by atoms with Gasteiger partial charge in [0, 0.05) is 11.7 Å². The van der Waals surface area contributed by atoms with Gasteiger partial charge in [0.05, 0.1) is 29.6 Å². The zero-order chi connectivity index (χ0) is 30.2. The molecule has 0 radical (unpaired) electrons. The van der Waals surface area contributed by atoms with Crippen molar-refractivity contribution < 1.29 is 40.7 Å². The smallest absolute Gasteiger partial charge is 0.496 e. The van der Waals surface area contributed by atoms with Gasteiger partial charge in [-0.3, -0.25) is 9.59 Å². The van der Waals surface area contributed by atoms with Crippen LogP contribution in [-0.4, -0.2) is 45.0 Å². The standard InChI is InChI=1S/C30H35F3N2O6S/c1-17-13-25(40-2)23(16-24(17)41-21-8-4-3-5-9-21)28(36)35-27-19-12-11-18(14-19)26(27)29(37)34-20-7-6-10-22(15-20)42(38,39)30(31,32)33/h6-7,10,13,15-16,18-19,21,26-27H,3-5,8-9,11-12,14H2,1-2H3,(H,34,37)(H,35,36)/t18-,19+,26+,27-/m1/s1. The maximum Gasteiger partial charge on any atom is 0.501 e. The highest BCUT2D eigenvalue weighted by Gasteiger charge is 2.52. The van der Waals surface area contributed by atoms with E-state index in [1.807, 2.05) is 6.92 Å². The maximum atomic E-state index is 13.6. The molecule has 3 saturated carbocycles. The van der Waals surface area contributed by atoms with Crippen molar-refractivity contribution in [3.05, 3.63) is 47.5 Å². The normalized spacial score (nSPS) is 24.3. The Morgan fingerprint density at radius 2 is 1.67 bits per heavy atom.